The number of ether oxygens (including phenoxy) is 1. The standard InChI is InChI=1S/C18H23N3O2/c1-12-16(13(2)20-19-12)8-9-21(3)18(22)15-10-14-6-4-5-7-17(14)23-11-15/h4-7,15H,8-11H2,1-3H3,(H,19,20)/t15-/m0/s1. The molecule has 0 radical (unpaired) electrons. The summed E-state index contributed by atoms with van der Waals surface area (Å²) >= 11 is 0. The monoisotopic (exact) mass is 313 g/mol. The second-order valence-electron chi connectivity index (χ2n) is 6.24. The number of aromatic nitrogens is 2. The number of nitrogens with zero attached hydrogens (tertiary/aromatic N) is 2. The fourth-order valence-electron chi connectivity index (χ4n) is 3.13. The minimum Gasteiger partial charge on any atom is -0.492 e. The Bertz CT molecular complexity index is 689. The zero-order valence-corrected chi connectivity index (χ0v) is 13.9. The molecule has 2 heterocycles. The van der Waals surface area contributed by atoms with Crippen molar-refractivity contribution < 1.29 is 9.53 Å². The molecular formula is C18H23N3O2. The molecule has 2 aromatic rings. The van der Waals surface area contributed by atoms with Crippen LogP contribution in [0.2, 0.25) is 0 Å². The van der Waals surface area contributed by atoms with E-state index in [1.807, 2.05) is 50.1 Å². The third kappa shape index (κ3) is 3.23. The first kappa shape index (κ1) is 15.6. The van der Waals surface area contributed by atoms with Crippen molar-refractivity contribution in [3.63, 3.8) is 0 Å². The van der Waals surface area contributed by atoms with Gasteiger partial charge < -0.3 is 9.64 Å². The van der Waals surface area contributed by atoms with Crippen molar-refractivity contribution in [2.45, 2.75) is 26.7 Å². The maximum atomic E-state index is 12.7. The summed E-state index contributed by atoms with van der Waals surface area (Å²) in [6, 6.07) is 7.95. The molecule has 1 aromatic carbocycles. The molecule has 122 valence electrons. The third-order valence-electron chi connectivity index (χ3n) is 4.58. The van der Waals surface area contributed by atoms with Crippen LogP contribution in [0.3, 0.4) is 0 Å². The molecule has 1 aromatic heterocycles. The Morgan fingerprint density at radius 3 is 2.91 bits per heavy atom. The summed E-state index contributed by atoms with van der Waals surface area (Å²) in [5.41, 5.74) is 4.42. The Morgan fingerprint density at radius 2 is 2.17 bits per heavy atom. The Hall–Kier alpha value is -2.30. The highest BCUT2D eigenvalue weighted by Crippen LogP contribution is 2.27. The van der Waals surface area contributed by atoms with Crippen LogP contribution in [0.15, 0.2) is 24.3 Å². The first-order chi connectivity index (χ1) is 11.1. The van der Waals surface area contributed by atoms with Gasteiger partial charge in [0.2, 0.25) is 5.91 Å². The van der Waals surface area contributed by atoms with Gasteiger partial charge in [-0.25, -0.2) is 0 Å². The van der Waals surface area contributed by atoms with E-state index < -0.39 is 0 Å². The third-order valence-corrected chi connectivity index (χ3v) is 4.58. The normalized spacial score (nSPS) is 16.6. The fourth-order valence-corrected chi connectivity index (χ4v) is 3.13. The lowest BCUT2D eigenvalue weighted by molar-refractivity contribution is -0.135. The van der Waals surface area contributed by atoms with Gasteiger partial charge in [0.05, 0.1) is 11.6 Å². The SMILES string of the molecule is Cc1n[nH]c(C)c1CCN(C)C(=O)[C@@H]1COc2ccccc2C1. The van der Waals surface area contributed by atoms with Gasteiger partial charge in [-0.2, -0.15) is 5.10 Å². The maximum Gasteiger partial charge on any atom is 0.229 e. The lowest BCUT2D eigenvalue weighted by atomic mass is 9.95. The fraction of sp³-hybridized carbons (Fsp3) is 0.444. The minimum atomic E-state index is -0.0959. The van der Waals surface area contributed by atoms with Crippen LogP contribution in [-0.2, 0) is 17.6 Å². The molecule has 1 aliphatic rings. The molecule has 3 rings (SSSR count). The van der Waals surface area contributed by atoms with Gasteiger partial charge in [-0.1, -0.05) is 18.2 Å². The number of rotatable bonds is 4. The topological polar surface area (TPSA) is 58.2 Å². The van der Waals surface area contributed by atoms with E-state index in [1.54, 1.807) is 0 Å². The number of fused-ring (bicyclic) bond motifs is 1. The highest BCUT2D eigenvalue weighted by molar-refractivity contribution is 5.79. The smallest absolute Gasteiger partial charge is 0.229 e. The molecule has 0 saturated carbocycles. The van der Waals surface area contributed by atoms with Crippen molar-refractivity contribution in [2.75, 3.05) is 20.2 Å². The van der Waals surface area contributed by atoms with E-state index in [-0.39, 0.29) is 11.8 Å². The molecule has 5 nitrogen and oxygen atoms in total. The van der Waals surface area contributed by atoms with E-state index in [0.29, 0.717) is 13.2 Å². The summed E-state index contributed by atoms with van der Waals surface area (Å²) in [6.45, 7) is 5.16. The number of carbonyl (C=O) groups excluding carboxylic acids is 1. The van der Waals surface area contributed by atoms with Crippen LogP contribution in [0.4, 0.5) is 0 Å². The molecular weight excluding hydrogens is 290 g/mol. The van der Waals surface area contributed by atoms with Gasteiger partial charge in [0.1, 0.15) is 12.4 Å². The largest absolute Gasteiger partial charge is 0.492 e. The van der Waals surface area contributed by atoms with Crippen molar-refractivity contribution in [3.05, 3.63) is 46.8 Å². The average Bonchev–Trinajstić information content (AvgIpc) is 2.89. The van der Waals surface area contributed by atoms with Crippen molar-refractivity contribution in [2.24, 2.45) is 5.92 Å². The Labute approximate surface area is 136 Å². The van der Waals surface area contributed by atoms with Crippen molar-refractivity contribution in [1.29, 1.82) is 0 Å². The summed E-state index contributed by atoms with van der Waals surface area (Å²) in [5, 5.41) is 7.20. The second kappa shape index (κ2) is 6.44. The predicted octanol–water partition coefficient (Wildman–Crippen LogP) is 2.28. The molecule has 0 spiro atoms. The van der Waals surface area contributed by atoms with Crippen LogP contribution in [0.25, 0.3) is 0 Å². The van der Waals surface area contributed by atoms with Crippen molar-refractivity contribution >= 4 is 5.91 Å². The zero-order valence-electron chi connectivity index (χ0n) is 13.9. The van der Waals surface area contributed by atoms with E-state index in [4.69, 9.17) is 4.74 Å². The van der Waals surface area contributed by atoms with E-state index in [2.05, 4.69) is 10.2 Å². The van der Waals surface area contributed by atoms with E-state index in [0.717, 1.165) is 35.5 Å². The number of hydrogen-bond donors (Lipinski definition) is 1. The number of likely N-dealkylation sites (N-methyl/N-ethyl adjacent to an activating group) is 1. The van der Waals surface area contributed by atoms with E-state index in [9.17, 15) is 4.79 Å². The quantitative estimate of drug-likeness (QED) is 0.942. The molecule has 0 bridgehead atoms. The number of para-hydroxylation sites is 1. The summed E-state index contributed by atoms with van der Waals surface area (Å²) < 4.78 is 5.73. The molecule has 5 heteroatoms. The summed E-state index contributed by atoms with van der Waals surface area (Å²) in [7, 11) is 1.87. The number of carbonyl (C=O) groups is 1. The van der Waals surface area contributed by atoms with E-state index >= 15 is 0 Å². The van der Waals surface area contributed by atoms with Crippen molar-refractivity contribution in [3.8, 4) is 5.75 Å². The lowest BCUT2D eigenvalue weighted by Crippen LogP contribution is -2.39. The van der Waals surface area contributed by atoms with Gasteiger partial charge in [0, 0.05) is 19.3 Å². The Morgan fingerprint density at radius 1 is 1.39 bits per heavy atom. The van der Waals surface area contributed by atoms with Crippen LogP contribution in [0.5, 0.6) is 5.75 Å². The number of hydrogen-bond acceptors (Lipinski definition) is 3. The number of nitrogens with one attached hydrogen (secondary N) is 1. The number of amides is 1. The molecule has 1 N–H and O–H groups in total. The number of benzene rings is 1. The maximum absolute atomic E-state index is 12.7. The molecule has 1 amide bonds. The highest BCUT2D eigenvalue weighted by atomic mass is 16.5. The molecule has 0 saturated heterocycles. The van der Waals surface area contributed by atoms with Crippen LogP contribution in [-0.4, -0.2) is 41.2 Å². The molecule has 0 aliphatic carbocycles. The first-order valence-electron chi connectivity index (χ1n) is 8.02. The molecule has 1 aliphatic heterocycles. The molecule has 0 unspecified atom stereocenters. The van der Waals surface area contributed by atoms with Crippen LogP contribution < -0.4 is 4.74 Å². The molecule has 1 atom stereocenters. The molecule has 0 fully saturated rings. The number of aryl methyl sites for hydroxylation is 2. The highest BCUT2D eigenvalue weighted by Gasteiger charge is 2.28. The zero-order chi connectivity index (χ0) is 16.4. The summed E-state index contributed by atoms with van der Waals surface area (Å²) in [6.07, 6.45) is 1.57. The van der Waals surface area contributed by atoms with Gasteiger partial charge >= 0.3 is 0 Å². The van der Waals surface area contributed by atoms with Gasteiger partial charge in [-0.3, -0.25) is 9.89 Å². The summed E-state index contributed by atoms with van der Waals surface area (Å²) in [4.78, 5) is 14.5. The second-order valence-corrected chi connectivity index (χ2v) is 6.24. The van der Waals surface area contributed by atoms with Crippen LogP contribution in [0, 0.1) is 19.8 Å². The molecule has 23 heavy (non-hydrogen) atoms. The van der Waals surface area contributed by atoms with E-state index in [1.165, 1.54) is 5.56 Å². The van der Waals surface area contributed by atoms with Gasteiger partial charge in [0.25, 0.3) is 0 Å². The van der Waals surface area contributed by atoms with Crippen LogP contribution in [0.1, 0.15) is 22.5 Å². The van der Waals surface area contributed by atoms with Gasteiger partial charge in [0.15, 0.2) is 0 Å². The first-order valence-corrected chi connectivity index (χ1v) is 8.02. The Balaban J connectivity index is 1.60. The predicted molar refractivity (Wildman–Crippen MR) is 88.5 cm³/mol. The van der Waals surface area contributed by atoms with Gasteiger partial charge in [-0.05, 0) is 43.9 Å². The van der Waals surface area contributed by atoms with Crippen molar-refractivity contribution in [1.82, 2.24) is 15.1 Å². The van der Waals surface area contributed by atoms with Crippen LogP contribution >= 0.6 is 0 Å². The lowest BCUT2D eigenvalue weighted by Gasteiger charge is -2.28. The van der Waals surface area contributed by atoms with Gasteiger partial charge in [-0.15, -0.1) is 0 Å². The number of H-pyrrole nitrogens is 1. The summed E-state index contributed by atoms with van der Waals surface area (Å²) in [5.74, 6) is 0.962. The average molecular weight is 313 g/mol. The minimum absolute atomic E-state index is 0.0959. The Kier molecular flexibility index (Phi) is 4.37. The number of aromatic amines is 1.